The fourth-order valence-electron chi connectivity index (χ4n) is 4.18. The fourth-order valence-corrected chi connectivity index (χ4v) is 4.53. The molecule has 1 aliphatic rings. The van der Waals surface area contributed by atoms with Crippen LogP contribution < -0.4 is 0 Å². The lowest BCUT2D eigenvalue weighted by atomic mass is 9.75. The predicted octanol–water partition coefficient (Wildman–Crippen LogP) is 5.37. The number of aryl methyl sites for hydroxylation is 1. The number of carbonyl (C=O) groups is 1. The SMILES string of the molecule is CCc1nc2cc(Br)ccc2n1CC(=O)OC1C[C@H](C)CC[C@H]1C(C)C. The normalized spacial score (nSPS) is 23.5. The molecule has 0 spiro atoms. The van der Waals surface area contributed by atoms with Crippen molar-refractivity contribution in [3.8, 4) is 0 Å². The van der Waals surface area contributed by atoms with Gasteiger partial charge in [-0.1, -0.05) is 50.0 Å². The minimum Gasteiger partial charge on any atom is -0.461 e. The minimum atomic E-state index is -0.147. The van der Waals surface area contributed by atoms with E-state index in [4.69, 9.17) is 4.74 Å². The van der Waals surface area contributed by atoms with Crippen LogP contribution in [0.15, 0.2) is 22.7 Å². The zero-order valence-electron chi connectivity index (χ0n) is 16.2. The van der Waals surface area contributed by atoms with Crippen LogP contribution in [0, 0.1) is 17.8 Å². The molecule has 1 heterocycles. The van der Waals surface area contributed by atoms with Crippen LogP contribution in [0.5, 0.6) is 0 Å². The summed E-state index contributed by atoms with van der Waals surface area (Å²) in [6.45, 7) is 9.02. The highest BCUT2D eigenvalue weighted by molar-refractivity contribution is 9.10. The van der Waals surface area contributed by atoms with Crippen molar-refractivity contribution in [1.29, 1.82) is 0 Å². The maximum absolute atomic E-state index is 12.8. The minimum absolute atomic E-state index is 0.0419. The molecule has 26 heavy (non-hydrogen) atoms. The van der Waals surface area contributed by atoms with Gasteiger partial charge in [-0.15, -0.1) is 0 Å². The summed E-state index contributed by atoms with van der Waals surface area (Å²) in [5.74, 6) is 2.41. The number of esters is 1. The van der Waals surface area contributed by atoms with Gasteiger partial charge in [0.15, 0.2) is 0 Å². The van der Waals surface area contributed by atoms with Crippen molar-refractivity contribution in [3.05, 3.63) is 28.5 Å². The van der Waals surface area contributed by atoms with Gasteiger partial charge in [0.1, 0.15) is 18.5 Å². The summed E-state index contributed by atoms with van der Waals surface area (Å²) in [4.78, 5) is 17.4. The Morgan fingerprint density at radius 2 is 2.15 bits per heavy atom. The number of halogens is 1. The third-order valence-corrected chi connectivity index (χ3v) is 6.13. The maximum Gasteiger partial charge on any atom is 0.326 e. The van der Waals surface area contributed by atoms with E-state index in [0.717, 1.165) is 40.6 Å². The van der Waals surface area contributed by atoms with Gasteiger partial charge in [-0.25, -0.2) is 4.98 Å². The van der Waals surface area contributed by atoms with Crippen molar-refractivity contribution >= 4 is 32.9 Å². The second-order valence-corrected chi connectivity index (χ2v) is 8.87. The summed E-state index contributed by atoms with van der Waals surface area (Å²) < 4.78 is 8.98. The molecule has 2 aromatic rings. The Morgan fingerprint density at radius 1 is 1.38 bits per heavy atom. The molecule has 0 bridgehead atoms. The summed E-state index contributed by atoms with van der Waals surface area (Å²) in [5.41, 5.74) is 1.90. The van der Waals surface area contributed by atoms with Crippen LogP contribution in [0.3, 0.4) is 0 Å². The van der Waals surface area contributed by atoms with E-state index in [1.54, 1.807) is 0 Å². The molecular formula is C21H29BrN2O2. The lowest BCUT2D eigenvalue weighted by molar-refractivity contribution is -0.156. The van der Waals surface area contributed by atoms with Crippen LogP contribution in [0.25, 0.3) is 11.0 Å². The molecule has 1 aliphatic carbocycles. The predicted molar refractivity (Wildman–Crippen MR) is 108 cm³/mol. The van der Waals surface area contributed by atoms with E-state index in [-0.39, 0.29) is 18.6 Å². The fraction of sp³-hybridized carbons (Fsp3) is 0.619. The third kappa shape index (κ3) is 4.13. The van der Waals surface area contributed by atoms with Gasteiger partial charge in [0, 0.05) is 10.9 Å². The number of aromatic nitrogens is 2. The van der Waals surface area contributed by atoms with Gasteiger partial charge in [-0.05, 0) is 48.8 Å². The van der Waals surface area contributed by atoms with Gasteiger partial charge in [0.25, 0.3) is 0 Å². The van der Waals surface area contributed by atoms with Gasteiger partial charge in [0.2, 0.25) is 0 Å². The smallest absolute Gasteiger partial charge is 0.326 e. The average molecular weight is 421 g/mol. The zero-order chi connectivity index (χ0) is 18.8. The van der Waals surface area contributed by atoms with Crippen molar-refractivity contribution in [2.24, 2.45) is 17.8 Å². The topological polar surface area (TPSA) is 44.1 Å². The number of nitrogens with zero attached hydrogens (tertiary/aromatic N) is 2. The van der Waals surface area contributed by atoms with Crippen LogP contribution in [-0.2, 0) is 22.5 Å². The standard InChI is InChI=1S/C21H29BrN2O2/c1-5-20-23-17-11-15(22)7-9-18(17)24(20)12-21(25)26-19-10-14(4)6-8-16(19)13(2)3/h7,9,11,13-14,16,19H,5-6,8,10,12H2,1-4H3/t14-,16+,19?/m1/s1. The number of ether oxygens (including phenoxy) is 1. The average Bonchev–Trinajstić information content (AvgIpc) is 2.91. The first-order valence-corrected chi connectivity index (χ1v) is 10.5. The summed E-state index contributed by atoms with van der Waals surface area (Å²) in [6, 6.07) is 6.00. The van der Waals surface area contributed by atoms with E-state index in [1.165, 1.54) is 6.42 Å². The van der Waals surface area contributed by atoms with Crippen molar-refractivity contribution in [2.75, 3.05) is 0 Å². The second kappa shape index (κ2) is 8.12. The lowest BCUT2D eigenvalue weighted by Gasteiger charge is -2.36. The number of hydrogen-bond donors (Lipinski definition) is 0. The Kier molecular flexibility index (Phi) is 6.06. The molecule has 1 unspecified atom stereocenters. The molecule has 0 saturated heterocycles. The van der Waals surface area contributed by atoms with Gasteiger partial charge in [-0.2, -0.15) is 0 Å². The van der Waals surface area contributed by atoms with Gasteiger partial charge in [0.05, 0.1) is 11.0 Å². The van der Waals surface area contributed by atoms with Gasteiger partial charge < -0.3 is 9.30 Å². The molecule has 3 rings (SSSR count). The highest BCUT2D eigenvalue weighted by atomic mass is 79.9. The van der Waals surface area contributed by atoms with E-state index < -0.39 is 0 Å². The molecule has 0 radical (unpaired) electrons. The Labute approximate surface area is 164 Å². The van der Waals surface area contributed by atoms with E-state index in [2.05, 4.69) is 48.6 Å². The van der Waals surface area contributed by atoms with E-state index >= 15 is 0 Å². The molecule has 142 valence electrons. The Bertz CT molecular complexity index is 784. The summed E-state index contributed by atoms with van der Waals surface area (Å²) >= 11 is 3.49. The molecule has 3 atom stereocenters. The summed E-state index contributed by atoms with van der Waals surface area (Å²) in [6.07, 6.45) is 4.19. The van der Waals surface area contributed by atoms with Crippen molar-refractivity contribution in [2.45, 2.75) is 66.0 Å². The number of hydrogen-bond acceptors (Lipinski definition) is 3. The molecule has 5 heteroatoms. The number of carbonyl (C=O) groups excluding carboxylic acids is 1. The van der Waals surface area contributed by atoms with Crippen molar-refractivity contribution < 1.29 is 9.53 Å². The second-order valence-electron chi connectivity index (χ2n) is 7.96. The van der Waals surface area contributed by atoms with Crippen LogP contribution in [0.2, 0.25) is 0 Å². The quantitative estimate of drug-likeness (QED) is 0.610. The van der Waals surface area contributed by atoms with Crippen molar-refractivity contribution in [3.63, 3.8) is 0 Å². The lowest BCUT2D eigenvalue weighted by Crippen LogP contribution is -2.36. The Balaban J connectivity index is 1.78. The maximum atomic E-state index is 12.8. The first kappa shape index (κ1) is 19.4. The highest BCUT2D eigenvalue weighted by Gasteiger charge is 2.33. The Hall–Kier alpha value is -1.36. The van der Waals surface area contributed by atoms with E-state index in [1.807, 2.05) is 22.8 Å². The monoisotopic (exact) mass is 420 g/mol. The molecule has 1 saturated carbocycles. The molecule has 0 aliphatic heterocycles. The largest absolute Gasteiger partial charge is 0.461 e. The molecule has 1 aromatic carbocycles. The first-order valence-electron chi connectivity index (χ1n) is 9.73. The van der Waals surface area contributed by atoms with Crippen LogP contribution in [0.1, 0.15) is 52.8 Å². The van der Waals surface area contributed by atoms with Gasteiger partial charge >= 0.3 is 5.97 Å². The van der Waals surface area contributed by atoms with Crippen LogP contribution in [-0.4, -0.2) is 21.6 Å². The van der Waals surface area contributed by atoms with E-state index in [0.29, 0.717) is 17.8 Å². The van der Waals surface area contributed by atoms with Crippen molar-refractivity contribution in [1.82, 2.24) is 9.55 Å². The zero-order valence-corrected chi connectivity index (χ0v) is 17.8. The van der Waals surface area contributed by atoms with Crippen LogP contribution in [0.4, 0.5) is 0 Å². The molecule has 4 nitrogen and oxygen atoms in total. The van der Waals surface area contributed by atoms with Gasteiger partial charge in [-0.3, -0.25) is 4.79 Å². The van der Waals surface area contributed by atoms with Crippen LogP contribution >= 0.6 is 15.9 Å². The Morgan fingerprint density at radius 3 is 2.85 bits per heavy atom. The third-order valence-electron chi connectivity index (χ3n) is 5.64. The highest BCUT2D eigenvalue weighted by Crippen LogP contribution is 2.35. The molecule has 1 aromatic heterocycles. The molecule has 0 amide bonds. The molecular weight excluding hydrogens is 392 g/mol. The number of rotatable bonds is 5. The molecule has 0 N–H and O–H groups in total. The summed E-state index contributed by atoms with van der Waals surface area (Å²) in [7, 11) is 0. The number of imidazole rings is 1. The van der Waals surface area contributed by atoms with E-state index in [9.17, 15) is 4.79 Å². The number of fused-ring (bicyclic) bond motifs is 1. The molecule has 1 fully saturated rings. The number of benzene rings is 1. The summed E-state index contributed by atoms with van der Waals surface area (Å²) in [5, 5.41) is 0. The first-order chi connectivity index (χ1) is 12.4.